The van der Waals surface area contributed by atoms with E-state index in [1.165, 1.54) is 66.6 Å². The van der Waals surface area contributed by atoms with Gasteiger partial charge in [0.15, 0.2) is 0 Å². The molecule has 0 unspecified atom stereocenters. The number of carbonyl (C=O) groups excluding carboxylic acids is 1. The van der Waals surface area contributed by atoms with Crippen molar-refractivity contribution in [3.63, 3.8) is 0 Å². The van der Waals surface area contributed by atoms with Gasteiger partial charge in [0.2, 0.25) is 0 Å². The van der Waals surface area contributed by atoms with Gasteiger partial charge in [-0.1, -0.05) is 0 Å². The van der Waals surface area contributed by atoms with E-state index in [2.05, 4.69) is 45.0 Å². The van der Waals surface area contributed by atoms with E-state index in [9.17, 15) is 4.79 Å². The monoisotopic (exact) mass is 450 g/mol. The third-order valence-corrected chi connectivity index (χ3v) is 21.2. The molecule has 1 aromatic carbocycles. The fourth-order valence-corrected chi connectivity index (χ4v) is 21.1. The van der Waals surface area contributed by atoms with Crippen molar-refractivity contribution < 1.29 is 9.53 Å². The maximum absolute atomic E-state index is 12.9. The van der Waals surface area contributed by atoms with E-state index in [4.69, 9.17) is 4.74 Å². The maximum atomic E-state index is 12.9. The molecule has 2 nitrogen and oxygen atoms in total. The van der Waals surface area contributed by atoms with Crippen LogP contribution in [-0.4, -0.2) is 31.0 Å². The predicted octanol–water partition coefficient (Wildman–Crippen LogP) is 6.39. The van der Waals surface area contributed by atoms with Crippen LogP contribution in [0.25, 0.3) is 5.57 Å². The van der Waals surface area contributed by atoms with Crippen LogP contribution in [0, 0.1) is 0 Å². The molecule has 0 bridgehead atoms. The molecule has 0 saturated heterocycles. The van der Waals surface area contributed by atoms with Gasteiger partial charge >= 0.3 is 158 Å². The molecule has 3 heteroatoms. The molecule has 0 N–H and O–H groups in total. The molecule has 0 atom stereocenters. The van der Waals surface area contributed by atoms with Crippen molar-refractivity contribution in [1.82, 2.24) is 0 Å². The minimum absolute atomic E-state index is 0.0259. The van der Waals surface area contributed by atoms with Crippen molar-refractivity contribution in [3.8, 4) is 0 Å². The molecule has 1 aliphatic rings. The number of benzene rings is 1. The first-order chi connectivity index (χ1) is 12.2. The summed E-state index contributed by atoms with van der Waals surface area (Å²) in [7, 11) is 0. The van der Waals surface area contributed by atoms with Gasteiger partial charge in [0.05, 0.1) is 0 Å². The number of hydrogen-bond acceptors (Lipinski definition) is 2. The van der Waals surface area contributed by atoms with E-state index in [1.807, 2.05) is 6.07 Å². The summed E-state index contributed by atoms with van der Waals surface area (Å²) in [5.74, 6) is 0.0259. The number of rotatable bonds is 11. The molecule has 0 spiro atoms. The van der Waals surface area contributed by atoms with Gasteiger partial charge in [0, 0.05) is 0 Å². The summed E-state index contributed by atoms with van der Waals surface area (Å²) in [6.45, 7) is 7.31. The molecule has 0 aromatic heterocycles. The molecule has 0 radical (unpaired) electrons. The van der Waals surface area contributed by atoms with E-state index < -0.39 is 18.4 Å². The second kappa shape index (κ2) is 10.4. The third kappa shape index (κ3) is 5.12. The average Bonchev–Trinajstić information content (AvgIpc) is 3.04. The fraction of sp³-hybridized carbons (Fsp3) is 0.591. The Kier molecular flexibility index (Phi) is 8.54. The molecule has 2 rings (SSSR count). The zero-order valence-corrected chi connectivity index (χ0v) is 19.1. The second-order valence-electron chi connectivity index (χ2n) is 7.39. The Bertz CT molecular complexity index is 555. The van der Waals surface area contributed by atoms with Crippen LogP contribution in [0.5, 0.6) is 0 Å². The first-order valence-electron chi connectivity index (χ1n) is 10.1. The summed E-state index contributed by atoms with van der Waals surface area (Å²) in [4.78, 5) is 12.9. The molecule has 1 heterocycles. The van der Waals surface area contributed by atoms with Crippen LogP contribution in [0.15, 0.2) is 33.9 Å². The number of cyclic esters (lactones) is 1. The minimum atomic E-state index is -2.76. The SMILES string of the molecule is CCC[CH2][Sn]([CH2]CCC)([CH2]CCC)[C]1=C(c2ccccc2)COC1=O. The fourth-order valence-electron chi connectivity index (χ4n) is 4.10. The summed E-state index contributed by atoms with van der Waals surface area (Å²) < 4.78 is 10.8. The van der Waals surface area contributed by atoms with Crippen molar-refractivity contribution in [3.05, 3.63) is 39.5 Å². The summed E-state index contributed by atoms with van der Waals surface area (Å²) in [6, 6.07) is 10.5. The van der Waals surface area contributed by atoms with Crippen LogP contribution in [-0.2, 0) is 9.53 Å². The second-order valence-corrected chi connectivity index (χ2v) is 20.4. The summed E-state index contributed by atoms with van der Waals surface area (Å²) >= 11 is -2.76. The normalized spacial score (nSPS) is 14.9. The van der Waals surface area contributed by atoms with Gasteiger partial charge in [-0.3, -0.25) is 0 Å². The Morgan fingerprint density at radius 3 is 1.88 bits per heavy atom. The zero-order valence-electron chi connectivity index (χ0n) is 16.3. The van der Waals surface area contributed by atoms with Crippen LogP contribution < -0.4 is 0 Å². The topological polar surface area (TPSA) is 26.3 Å². The van der Waals surface area contributed by atoms with Crippen molar-refractivity contribution in [2.45, 2.75) is 72.6 Å². The van der Waals surface area contributed by atoms with Crippen molar-refractivity contribution in [1.29, 1.82) is 0 Å². The van der Waals surface area contributed by atoms with Gasteiger partial charge in [-0.2, -0.15) is 0 Å². The van der Waals surface area contributed by atoms with Crippen LogP contribution in [0.4, 0.5) is 0 Å². The standard InChI is InChI=1S/C10H7O2.3C4H9.Sn/c11-10-6-9(7-12-10)8-4-2-1-3-5-8;3*1-3-4-2;/h1-5H,7H2;3*1,3-4H2,2H3;. The molecular formula is C22H34O2Sn. The van der Waals surface area contributed by atoms with Gasteiger partial charge in [-0.05, 0) is 0 Å². The Hall–Kier alpha value is -0.771. The van der Waals surface area contributed by atoms with Gasteiger partial charge in [0.25, 0.3) is 0 Å². The zero-order chi connectivity index (χ0) is 18.1. The Morgan fingerprint density at radius 1 is 0.880 bits per heavy atom. The summed E-state index contributed by atoms with van der Waals surface area (Å²) in [5.41, 5.74) is 2.43. The van der Waals surface area contributed by atoms with Gasteiger partial charge < -0.3 is 0 Å². The molecule has 1 aliphatic heterocycles. The number of carbonyl (C=O) groups is 1. The Balaban J connectivity index is 2.51. The summed E-state index contributed by atoms with van der Waals surface area (Å²) in [6.07, 6.45) is 7.47. The van der Waals surface area contributed by atoms with Crippen molar-refractivity contribution in [2.75, 3.05) is 6.61 Å². The predicted molar refractivity (Wildman–Crippen MR) is 109 cm³/mol. The van der Waals surface area contributed by atoms with Crippen molar-refractivity contribution in [2.24, 2.45) is 0 Å². The van der Waals surface area contributed by atoms with E-state index >= 15 is 0 Å². The molecule has 0 amide bonds. The van der Waals surface area contributed by atoms with Crippen LogP contribution in [0.3, 0.4) is 0 Å². The number of esters is 1. The molecular weight excluding hydrogens is 415 g/mol. The first kappa shape index (κ1) is 20.5. The molecule has 0 saturated carbocycles. The van der Waals surface area contributed by atoms with Gasteiger partial charge in [-0.15, -0.1) is 0 Å². The molecule has 0 aliphatic carbocycles. The van der Waals surface area contributed by atoms with Gasteiger partial charge in [-0.25, -0.2) is 0 Å². The number of unbranched alkanes of at least 4 members (excludes halogenated alkanes) is 3. The quantitative estimate of drug-likeness (QED) is 0.289. The van der Waals surface area contributed by atoms with E-state index in [-0.39, 0.29) is 5.97 Å². The van der Waals surface area contributed by atoms with Crippen LogP contribution >= 0.6 is 0 Å². The molecule has 25 heavy (non-hydrogen) atoms. The van der Waals surface area contributed by atoms with E-state index in [1.54, 1.807) is 0 Å². The van der Waals surface area contributed by atoms with E-state index in [0.29, 0.717) is 6.61 Å². The third-order valence-electron chi connectivity index (χ3n) is 5.53. The van der Waals surface area contributed by atoms with Crippen LogP contribution in [0.1, 0.15) is 64.9 Å². The average molecular weight is 449 g/mol. The van der Waals surface area contributed by atoms with Crippen LogP contribution in [0.2, 0.25) is 13.3 Å². The Labute approximate surface area is 157 Å². The molecule has 1 aromatic rings. The first-order valence-corrected chi connectivity index (χ1v) is 17.6. The Morgan fingerprint density at radius 2 is 1.40 bits per heavy atom. The van der Waals surface area contributed by atoms with E-state index in [0.717, 1.165) is 0 Å². The molecule has 0 fully saturated rings. The summed E-state index contributed by atoms with van der Waals surface area (Å²) in [5, 5.41) is 0. The number of ether oxygens (including phenoxy) is 1. The van der Waals surface area contributed by atoms with Gasteiger partial charge in [0.1, 0.15) is 0 Å². The molecule has 138 valence electrons. The van der Waals surface area contributed by atoms with Crippen molar-refractivity contribution >= 4 is 29.9 Å². The number of hydrogen-bond donors (Lipinski definition) is 0.